The molecule has 1 aliphatic heterocycles. The molecule has 0 saturated carbocycles. The van der Waals surface area contributed by atoms with E-state index >= 15 is 0 Å². The maximum absolute atomic E-state index is 12.3. The Morgan fingerprint density at radius 1 is 1.21 bits per heavy atom. The van der Waals surface area contributed by atoms with Gasteiger partial charge in [0.15, 0.2) is 0 Å². The van der Waals surface area contributed by atoms with Gasteiger partial charge < -0.3 is 9.64 Å². The van der Waals surface area contributed by atoms with E-state index in [1.54, 1.807) is 19.0 Å². The molecule has 0 N–H and O–H groups in total. The summed E-state index contributed by atoms with van der Waals surface area (Å²) in [7, 11) is 3.53. The Balaban J connectivity index is 2.17. The second kappa shape index (κ2) is 7.22. The van der Waals surface area contributed by atoms with E-state index in [0.29, 0.717) is 12.2 Å². The van der Waals surface area contributed by atoms with Crippen LogP contribution in [0.3, 0.4) is 0 Å². The number of amides is 1. The number of rotatable bonds is 3. The molecule has 0 aliphatic carbocycles. The summed E-state index contributed by atoms with van der Waals surface area (Å²) in [6.45, 7) is 0.537. The minimum absolute atomic E-state index is 0.00447. The number of hydrogen-bond donors (Lipinski definition) is 0. The first-order chi connectivity index (χ1) is 11.6. The van der Waals surface area contributed by atoms with Gasteiger partial charge in [-0.15, -0.1) is 0 Å². The maximum atomic E-state index is 12.3. The molecule has 24 heavy (non-hydrogen) atoms. The van der Waals surface area contributed by atoms with Crippen molar-refractivity contribution in [1.29, 1.82) is 0 Å². The van der Waals surface area contributed by atoms with Gasteiger partial charge in [-0.2, -0.15) is 0 Å². The van der Waals surface area contributed by atoms with E-state index in [2.05, 4.69) is 34.1 Å². The van der Waals surface area contributed by atoms with Gasteiger partial charge in [-0.3, -0.25) is 4.79 Å². The fourth-order valence-electron chi connectivity index (χ4n) is 2.89. The maximum Gasteiger partial charge on any atom is 0.253 e. The van der Waals surface area contributed by atoms with Crippen molar-refractivity contribution in [3.8, 4) is 5.75 Å². The minimum atomic E-state index is -0.00447. The molecule has 0 saturated heterocycles. The number of nitrogens with zero attached hydrogens (tertiary/aromatic N) is 1. The molecule has 1 heterocycles. The monoisotopic (exact) mass is 385 g/mol. The van der Waals surface area contributed by atoms with Crippen molar-refractivity contribution in [1.82, 2.24) is 4.90 Å². The molecule has 0 atom stereocenters. The molecule has 1 amide bonds. The van der Waals surface area contributed by atoms with E-state index in [9.17, 15) is 4.79 Å². The molecule has 124 valence electrons. The number of carbonyl (C=O) groups is 1. The van der Waals surface area contributed by atoms with Crippen molar-refractivity contribution in [3.63, 3.8) is 0 Å². The van der Waals surface area contributed by atoms with E-state index in [1.807, 2.05) is 30.3 Å². The third kappa shape index (κ3) is 3.24. The number of alkyl halides is 1. The zero-order valence-corrected chi connectivity index (χ0v) is 15.5. The van der Waals surface area contributed by atoms with Crippen molar-refractivity contribution in [2.75, 3.05) is 19.4 Å². The summed E-state index contributed by atoms with van der Waals surface area (Å²) in [5, 5.41) is 0.894. The highest BCUT2D eigenvalue weighted by Gasteiger charge is 2.20. The number of fused-ring (bicyclic) bond motifs is 2. The summed E-state index contributed by atoms with van der Waals surface area (Å²) in [6.07, 6.45) is 3.12. The highest BCUT2D eigenvalue weighted by molar-refractivity contribution is 9.09. The van der Waals surface area contributed by atoms with Crippen LogP contribution >= 0.6 is 15.9 Å². The Kier molecular flexibility index (Phi) is 5.05. The summed E-state index contributed by atoms with van der Waals surface area (Å²) >= 11 is 3.50. The predicted molar refractivity (Wildman–Crippen MR) is 101 cm³/mol. The summed E-state index contributed by atoms with van der Waals surface area (Å²) in [6, 6.07) is 14.0. The van der Waals surface area contributed by atoms with Crippen molar-refractivity contribution >= 4 is 27.4 Å². The standard InChI is InChI=1S/C20H20BrNO2/c1-22(2)20(23)14-9-10-19-18(12-14)17(8-5-11-21)16-7-4-3-6-15(16)13-24-19/h3-4,6-10,12H,5,11,13H2,1-2H3. The number of benzene rings is 2. The molecule has 0 radical (unpaired) electrons. The molecule has 0 bridgehead atoms. The first kappa shape index (κ1) is 16.8. The van der Waals surface area contributed by atoms with Crippen LogP contribution in [0.2, 0.25) is 0 Å². The highest BCUT2D eigenvalue weighted by atomic mass is 79.9. The smallest absolute Gasteiger partial charge is 0.253 e. The fraction of sp³-hybridized carbons (Fsp3) is 0.250. The Morgan fingerprint density at radius 3 is 2.75 bits per heavy atom. The van der Waals surface area contributed by atoms with Crippen LogP contribution in [0.1, 0.15) is 33.5 Å². The van der Waals surface area contributed by atoms with Gasteiger partial charge in [-0.25, -0.2) is 0 Å². The molecule has 0 fully saturated rings. The minimum Gasteiger partial charge on any atom is -0.488 e. The Hall–Kier alpha value is -2.07. The molecule has 0 aromatic heterocycles. The van der Waals surface area contributed by atoms with Gasteiger partial charge in [0.05, 0.1) is 0 Å². The SMILES string of the molecule is CN(C)C(=O)c1ccc2c(c1)C(=CCCBr)c1ccccc1CO2. The molecule has 0 spiro atoms. The topological polar surface area (TPSA) is 29.5 Å². The summed E-state index contributed by atoms with van der Waals surface area (Å²) in [5.74, 6) is 0.817. The summed E-state index contributed by atoms with van der Waals surface area (Å²) in [5.41, 5.74) is 5.12. The van der Waals surface area contributed by atoms with Crippen LogP contribution in [0.25, 0.3) is 5.57 Å². The van der Waals surface area contributed by atoms with Crippen molar-refractivity contribution in [2.45, 2.75) is 13.0 Å². The number of ether oxygens (including phenoxy) is 1. The molecule has 2 aromatic carbocycles. The van der Waals surface area contributed by atoms with Gasteiger partial charge in [-0.05, 0) is 41.3 Å². The Morgan fingerprint density at radius 2 is 2.00 bits per heavy atom. The van der Waals surface area contributed by atoms with Gasteiger partial charge in [-0.1, -0.05) is 46.3 Å². The van der Waals surface area contributed by atoms with Crippen LogP contribution in [0.5, 0.6) is 5.75 Å². The molecular weight excluding hydrogens is 366 g/mol. The number of hydrogen-bond acceptors (Lipinski definition) is 2. The van der Waals surface area contributed by atoms with E-state index < -0.39 is 0 Å². The first-order valence-corrected chi connectivity index (χ1v) is 9.07. The molecule has 3 nitrogen and oxygen atoms in total. The number of allylic oxidation sites excluding steroid dienone is 1. The van der Waals surface area contributed by atoms with Crippen molar-refractivity contribution in [3.05, 3.63) is 70.8 Å². The predicted octanol–water partition coefficient (Wildman–Crippen LogP) is 4.50. The van der Waals surface area contributed by atoms with Gasteiger partial charge in [0.25, 0.3) is 5.91 Å². The lowest BCUT2D eigenvalue weighted by atomic mass is 9.92. The van der Waals surface area contributed by atoms with Crippen LogP contribution in [-0.2, 0) is 6.61 Å². The average molecular weight is 386 g/mol. The highest BCUT2D eigenvalue weighted by Crippen LogP contribution is 2.37. The zero-order chi connectivity index (χ0) is 17.1. The van der Waals surface area contributed by atoms with Crippen LogP contribution in [-0.4, -0.2) is 30.2 Å². The molecule has 0 unspecified atom stereocenters. The zero-order valence-electron chi connectivity index (χ0n) is 13.9. The van der Waals surface area contributed by atoms with E-state index in [0.717, 1.165) is 34.2 Å². The Bertz CT molecular complexity index is 796. The first-order valence-electron chi connectivity index (χ1n) is 7.95. The molecule has 4 heteroatoms. The van der Waals surface area contributed by atoms with Crippen LogP contribution in [0, 0.1) is 0 Å². The lowest BCUT2D eigenvalue weighted by Gasteiger charge is -2.14. The quantitative estimate of drug-likeness (QED) is 0.728. The molecular formula is C20H20BrNO2. The largest absolute Gasteiger partial charge is 0.488 e. The lowest BCUT2D eigenvalue weighted by Crippen LogP contribution is -2.21. The third-order valence-electron chi connectivity index (χ3n) is 4.07. The summed E-state index contributed by atoms with van der Waals surface area (Å²) in [4.78, 5) is 13.9. The summed E-state index contributed by atoms with van der Waals surface area (Å²) < 4.78 is 6.00. The van der Waals surface area contributed by atoms with E-state index in [-0.39, 0.29) is 5.91 Å². The van der Waals surface area contributed by atoms with E-state index in [1.165, 1.54) is 5.56 Å². The lowest BCUT2D eigenvalue weighted by molar-refractivity contribution is 0.0827. The average Bonchev–Trinajstić information content (AvgIpc) is 2.75. The van der Waals surface area contributed by atoms with Crippen LogP contribution in [0.15, 0.2) is 48.5 Å². The molecule has 1 aliphatic rings. The fourth-order valence-corrected chi connectivity index (χ4v) is 3.11. The molecule has 3 rings (SSSR count). The normalized spacial score (nSPS) is 14.4. The molecule has 2 aromatic rings. The van der Waals surface area contributed by atoms with Gasteiger partial charge in [0.2, 0.25) is 0 Å². The van der Waals surface area contributed by atoms with Gasteiger partial charge in [0, 0.05) is 30.6 Å². The number of halogens is 1. The third-order valence-corrected chi connectivity index (χ3v) is 4.53. The van der Waals surface area contributed by atoms with E-state index in [4.69, 9.17) is 4.74 Å². The van der Waals surface area contributed by atoms with Crippen molar-refractivity contribution < 1.29 is 9.53 Å². The van der Waals surface area contributed by atoms with Crippen molar-refractivity contribution in [2.24, 2.45) is 0 Å². The number of carbonyl (C=O) groups excluding carboxylic acids is 1. The van der Waals surface area contributed by atoms with Gasteiger partial charge >= 0.3 is 0 Å². The van der Waals surface area contributed by atoms with Crippen LogP contribution < -0.4 is 4.74 Å². The van der Waals surface area contributed by atoms with Gasteiger partial charge in [0.1, 0.15) is 12.4 Å². The Labute approximate surface area is 151 Å². The van der Waals surface area contributed by atoms with Crippen LogP contribution in [0.4, 0.5) is 0 Å². The second-order valence-electron chi connectivity index (χ2n) is 5.95. The second-order valence-corrected chi connectivity index (χ2v) is 6.74.